The zero-order chi connectivity index (χ0) is 13.4. The molecule has 0 saturated heterocycles. The van der Waals surface area contributed by atoms with Crippen molar-refractivity contribution >= 4 is 22.7 Å². The van der Waals surface area contributed by atoms with Gasteiger partial charge >= 0.3 is 0 Å². The average Bonchev–Trinajstić information content (AvgIpc) is 2.92. The fraction of sp³-hybridized carbons (Fsp3) is 0.538. The van der Waals surface area contributed by atoms with E-state index in [0.717, 1.165) is 24.5 Å². The van der Waals surface area contributed by atoms with Crippen LogP contribution in [-0.4, -0.2) is 21.7 Å². The summed E-state index contributed by atoms with van der Waals surface area (Å²) in [6.45, 7) is 6.60. The standard InChI is InChI=1S/C7H11NS.C6H9NOS/c1-6(2)5-7-8-3-4-9-7;1-5-6(2-3-8)9-4-7-5/h3-4,6H,5H2,1-2H3;4,8H,2-3H2,1H3. The first-order chi connectivity index (χ1) is 8.63. The second-order valence-electron chi connectivity index (χ2n) is 4.36. The van der Waals surface area contributed by atoms with Crippen LogP contribution >= 0.6 is 22.7 Å². The van der Waals surface area contributed by atoms with Gasteiger partial charge in [0.05, 0.1) is 16.2 Å². The van der Waals surface area contributed by atoms with E-state index in [2.05, 4.69) is 23.8 Å². The van der Waals surface area contributed by atoms with Gasteiger partial charge in [-0.1, -0.05) is 13.8 Å². The maximum Gasteiger partial charge on any atom is 0.0927 e. The SMILES string of the molecule is CC(C)Cc1nccs1.Cc1ncsc1CCO. The number of aryl methyl sites for hydroxylation is 1. The van der Waals surface area contributed by atoms with Gasteiger partial charge in [0, 0.05) is 35.9 Å². The van der Waals surface area contributed by atoms with E-state index < -0.39 is 0 Å². The Morgan fingerprint density at radius 2 is 2.06 bits per heavy atom. The summed E-state index contributed by atoms with van der Waals surface area (Å²) in [4.78, 5) is 9.41. The van der Waals surface area contributed by atoms with Gasteiger partial charge in [-0.05, 0) is 12.8 Å². The summed E-state index contributed by atoms with van der Waals surface area (Å²) in [6, 6.07) is 0. The van der Waals surface area contributed by atoms with Crippen molar-refractivity contribution < 1.29 is 5.11 Å². The molecule has 0 unspecified atom stereocenters. The molecule has 100 valence electrons. The number of aliphatic hydroxyl groups excluding tert-OH is 1. The van der Waals surface area contributed by atoms with Crippen molar-refractivity contribution in [2.75, 3.05) is 6.61 Å². The molecule has 0 aliphatic heterocycles. The van der Waals surface area contributed by atoms with Crippen molar-refractivity contribution in [1.82, 2.24) is 9.97 Å². The number of thiazole rings is 2. The van der Waals surface area contributed by atoms with Crippen LogP contribution < -0.4 is 0 Å². The third kappa shape index (κ3) is 5.71. The number of rotatable bonds is 4. The summed E-state index contributed by atoms with van der Waals surface area (Å²) < 4.78 is 0. The molecule has 0 amide bonds. The molecule has 0 atom stereocenters. The minimum absolute atomic E-state index is 0.225. The van der Waals surface area contributed by atoms with E-state index in [9.17, 15) is 0 Å². The first kappa shape index (κ1) is 15.3. The third-order valence-corrected chi connectivity index (χ3v) is 4.05. The van der Waals surface area contributed by atoms with Gasteiger partial charge in [0.25, 0.3) is 0 Å². The van der Waals surface area contributed by atoms with Gasteiger partial charge in [-0.15, -0.1) is 22.7 Å². The van der Waals surface area contributed by atoms with Crippen LogP contribution in [0.4, 0.5) is 0 Å². The molecule has 2 aromatic rings. The Kier molecular flexibility index (Phi) is 7.08. The Morgan fingerprint density at radius 1 is 1.28 bits per heavy atom. The van der Waals surface area contributed by atoms with Crippen molar-refractivity contribution in [2.45, 2.75) is 33.6 Å². The minimum Gasteiger partial charge on any atom is -0.396 e. The lowest BCUT2D eigenvalue weighted by Crippen LogP contribution is -1.91. The topological polar surface area (TPSA) is 46.0 Å². The quantitative estimate of drug-likeness (QED) is 0.936. The van der Waals surface area contributed by atoms with E-state index in [4.69, 9.17) is 5.11 Å². The predicted octanol–water partition coefficient (Wildman–Crippen LogP) is 3.33. The van der Waals surface area contributed by atoms with Crippen molar-refractivity contribution in [1.29, 1.82) is 0 Å². The van der Waals surface area contributed by atoms with Gasteiger partial charge in [-0.2, -0.15) is 0 Å². The lowest BCUT2D eigenvalue weighted by atomic mass is 10.1. The highest BCUT2D eigenvalue weighted by atomic mass is 32.1. The Hall–Kier alpha value is -0.780. The van der Waals surface area contributed by atoms with E-state index in [1.165, 1.54) is 9.88 Å². The summed E-state index contributed by atoms with van der Waals surface area (Å²) in [7, 11) is 0. The number of nitrogens with zero attached hydrogens (tertiary/aromatic N) is 2. The van der Waals surface area contributed by atoms with Gasteiger partial charge in [-0.25, -0.2) is 9.97 Å². The van der Waals surface area contributed by atoms with Gasteiger partial charge in [0.2, 0.25) is 0 Å². The molecule has 0 aromatic carbocycles. The molecule has 0 aliphatic rings. The summed E-state index contributed by atoms with van der Waals surface area (Å²) in [5.41, 5.74) is 2.86. The lowest BCUT2D eigenvalue weighted by molar-refractivity contribution is 0.300. The van der Waals surface area contributed by atoms with Gasteiger partial charge in [-0.3, -0.25) is 0 Å². The van der Waals surface area contributed by atoms with Crippen LogP contribution in [0.25, 0.3) is 0 Å². The smallest absolute Gasteiger partial charge is 0.0927 e. The average molecular weight is 284 g/mol. The molecule has 18 heavy (non-hydrogen) atoms. The van der Waals surface area contributed by atoms with Crippen molar-refractivity contribution in [3.05, 3.63) is 32.7 Å². The largest absolute Gasteiger partial charge is 0.396 e. The molecule has 0 spiro atoms. The molecule has 0 radical (unpaired) electrons. The summed E-state index contributed by atoms with van der Waals surface area (Å²) in [5.74, 6) is 0.733. The van der Waals surface area contributed by atoms with E-state index in [0.29, 0.717) is 0 Å². The van der Waals surface area contributed by atoms with Crippen molar-refractivity contribution in [3.63, 3.8) is 0 Å². The number of hydrogen-bond acceptors (Lipinski definition) is 5. The molecule has 0 saturated carbocycles. The van der Waals surface area contributed by atoms with Crippen LogP contribution in [-0.2, 0) is 12.8 Å². The highest BCUT2D eigenvalue weighted by Gasteiger charge is 1.98. The van der Waals surface area contributed by atoms with Gasteiger partial charge in [0.15, 0.2) is 0 Å². The fourth-order valence-corrected chi connectivity index (χ4v) is 2.97. The molecule has 0 fully saturated rings. The van der Waals surface area contributed by atoms with Crippen molar-refractivity contribution in [3.8, 4) is 0 Å². The van der Waals surface area contributed by atoms with Gasteiger partial charge < -0.3 is 5.11 Å². The first-order valence-corrected chi connectivity index (χ1v) is 7.77. The van der Waals surface area contributed by atoms with E-state index in [-0.39, 0.29) is 6.61 Å². The van der Waals surface area contributed by atoms with Crippen LogP contribution in [0.2, 0.25) is 0 Å². The molecule has 2 aromatic heterocycles. The highest BCUT2D eigenvalue weighted by Crippen LogP contribution is 2.11. The molecular weight excluding hydrogens is 264 g/mol. The van der Waals surface area contributed by atoms with E-state index >= 15 is 0 Å². The molecule has 1 N–H and O–H groups in total. The summed E-state index contributed by atoms with van der Waals surface area (Å²) in [5, 5.41) is 11.8. The predicted molar refractivity (Wildman–Crippen MR) is 78.3 cm³/mol. The molecule has 2 rings (SSSR count). The maximum absolute atomic E-state index is 8.54. The molecule has 0 bridgehead atoms. The monoisotopic (exact) mass is 284 g/mol. The Labute approximate surface area is 117 Å². The zero-order valence-electron chi connectivity index (χ0n) is 11.1. The van der Waals surface area contributed by atoms with Crippen LogP contribution in [0.5, 0.6) is 0 Å². The Bertz CT molecular complexity index is 424. The zero-order valence-corrected chi connectivity index (χ0v) is 12.7. The first-order valence-electron chi connectivity index (χ1n) is 6.01. The molecule has 0 aliphatic carbocycles. The van der Waals surface area contributed by atoms with Gasteiger partial charge in [0.1, 0.15) is 0 Å². The third-order valence-electron chi connectivity index (χ3n) is 2.25. The Balaban J connectivity index is 0.000000180. The van der Waals surface area contributed by atoms with E-state index in [1.54, 1.807) is 28.2 Å². The minimum atomic E-state index is 0.225. The Morgan fingerprint density at radius 3 is 2.50 bits per heavy atom. The molecule has 5 heteroatoms. The van der Waals surface area contributed by atoms with E-state index in [1.807, 2.05) is 18.5 Å². The van der Waals surface area contributed by atoms with Crippen LogP contribution in [0.1, 0.15) is 29.4 Å². The molecule has 3 nitrogen and oxygen atoms in total. The molecular formula is C13H20N2OS2. The number of hydrogen-bond donors (Lipinski definition) is 1. The highest BCUT2D eigenvalue weighted by molar-refractivity contribution is 7.09. The van der Waals surface area contributed by atoms with Crippen LogP contribution in [0.3, 0.4) is 0 Å². The van der Waals surface area contributed by atoms with Crippen LogP contribution in [0.15, 0.2) is 17.1 Å². The molecule has 2 heterocycles. The lowest BCUT2D eigenvalue weighted by Gasteiger charge is -1.97. The maximum atomic E-state index is 8.54. The fourth-order valence-electron chi connectivity index (χ4n) is 1.37. The van der Waals surface area contributed by atoms with Crippen molar-refractivity contribution in [2.24, 2.45) is 5.92 Å². The summed E-state index contributed by atoms with van der Waals surface area (Å²) in [6.07, 6.45) is 3.73. The van der Waals surface area contributed by atoms with Crippen LogP contribution in [0, 0.1) is 12.8 Å². The second kappa shape index (κ2) is 8.34. The number of aromatic nitrogens is 2. The number of aliphatic hydroxyl groups is 1. The summed E-state index contributed by atoms with van der Waals surface area (Å²) >= 11 is 3.34. The second-order valence-corrected chi connectivity index (χ2v) is 6.28. The normalized spacial score (nSPS) is 10.3.